The minimum Gasteiger partial charge on any atom is -0.454 e. The van der Waals surface area contributed by atoms with Crippen LogP contribution in [0.5, 0.6) is 11.5 Å². The molecule has 2 N–H and O–H groups in total. The third kappa shape index (κ3) is 5.88. The van der Waals surface area contributed by atoms with Crippen LogP contribution in [0, 0.1) is 17.8 Å². The normalized spacial score (nSPS) is 22.9. The van der Waals surface area contributed by atoms with E-state index in [1.165, 1.54) is 32.1 Å². The van der Waals surface area contributed by atoms with Crippen LogP contribution < -0.4 is 20.1 Å². The molecule has 2 aliphatic heterocycles. The molecule has 1 saturated carbocycles. The quantitative estimate of drug-likeness (QED) is 0.628. The van der Waals surface area contributed by atoms with Crippen molar-refractivity contribution in [2.24, 2.45) is 17.8 Å². The summed E-state index contributed by atoms with van der Waals surface area (Å²) in [7, 11) is 0. The van der Waals surface area contributed by atoms with Crippen LogP contribution in [0.2, 0.25) is 0 Å². The Hall–Kier alpha value is -2.54. The van der Waals surface area contributed by atoms with Crippen molar-refractivity contribution in [3.05, 3.63) is 41.3 Å². The fourth-order valence-corrected chi connectivity index (χ4v) is 5.54. The molecule has 1 saturated heterocycles. The summed E-state index contributed by atoms with van der Waals surface area (Å²) in [6.45, 7) is 2.64. The Morgan fingerprint density at radius 2 is 1.91 bits per heavy atom. The molecule has 0 spiro atoms. The molecule has 2 atom stereocenters. The molecule has 1 aromatic carbocycles. The van der Waals surface area contributed by atoms with Gasteiger partial charge in [-0.25, -0.2) is 0 Å². The number of piperidine rings is 1. The zero-order valence-corrected chi connectivity index (χ0v) is 19.3. The van der Waals surface area contributed by atoms with E-state index in [1.807, 2.05) is 18.2 Å². The van der Waals surface area contributed by atoms with Crippen molar-refractivity contribution in [1.82, 2.24) is 15.8 Å². The molecule has 2 fully saturated rings. The lowest BCUT2D eigenvalue weighted by atomic mass is 9.81. The second-order valence-corrected chi connectivity index (χ2v) is 9.88. The summed E-state index contributed by atoms with van der Waals surface area (Å²) in [6.07, 6.45) is 10.1. The minimum atomic E-state index is 0.0997. The van der Waals surface area contributed by atoms with Crippen molar-refractivity contribution >= 4 is 5.91 Å². The van der Waals surface area contributed by atoms with Crippen molar-refractivity contribution in [3.8, 4) is 11.5 Å². The van der Waals surface area contributed by atoms with Crippen LogP contribution in [0.1, 0.15) is 62.0 Å². The van der Waals surface area contributed by atoms with Crippen molar-refractivity contribution in [3.63, 3.8) is 0 Å². The van der Waals surface area contributed by atoms with Gasteiger partial charge in [0.15, 0.2) is 11.5 Å². The number of hydrogen-bond donors (Lipinski definition) is 2. The van der Waals surface area contributed by atoms with E-state index in [4.69, 9.17) is 14.0 Å². The zero-order chi connectivity index (χ0) is 22.5. The Morgan fingerprint density at radius 3 is 2.82 bits per heavy atom. The number of nitrogens with zero attached hydrogens (tertiary/aromatic N) is 1. The van der Waals surface area contributed by atoms with Gasteiger partial charge in [0.2, 0.25) is 12.7 Å². The van der Waals surface area contributed by atoms with Gasteiger partial charge in [-0.1, -0.05) is 43.3 Å². The number of carbonyl (C=O) groups excluding carboxylic acids is 1. The maximum absolute atomic E-state index is 12.7. The Balaban J connectivity index is 1.11. The molecule has 2 aromatic rings. The molecule has 33 heavy (non-hydrogen) atoms. The van der Waals surface area contributed by atoms with E-state index in [2.05, 4.69) is 21.9 Å². The molecular formula is C26H35N3O4. The molecule has 3 aliphatic rings. The number of nitrogens with one attached hydrogen (secondary N) is 2. The van der Waals surface area contributed by atoms with E-state index < -0.39 is 0 Å². The fourth-order valence-electron chi connectivity index (χ4n) is 5.54. The number of rotatable bonds is 8. The second-order valence-electron chi connectivity index (χ2n) is 9.88. The van der Waals surface area contributed by atoms with Gasteiger partial charge in [-0.2, -0.15) is 0 Å². The van der Waals surface area contributed by atoms with E-state index in [9.17, 15) is 4.79 Å². The van der Waals surface area contributed by atoms with Crippen molar-refractivity contribution < 1.29 is 18.8 Å². The second kappa shape index (κ2) is 10.6. The van der Waals surface area contributed by atoms with Gasteiger partial charge in [0.1, 0.15) is 5.76 Å². The summed E-state index contributed by atoms with van der Waals surface area (Å²) in [5.41, 5.74) is 2.04. The van der Waals surface area contributed by atoms with Gasteiger partial charge in [0, 0.05) is 25.5 Å². The van der Waals surface area contributed by atoms with Gasteiger partial charge in [-0.3, -0.25) is 4.79 Å². The van der Waals surface area contributed by atoms with Crippen LogP contribution >= 0.6 is 0 Å². The molecule has 1 aliphatic carbocycles. The minimum absolute atomic E-state index is 0.0997. The molecule has 5 rings (SSSR count). The first-order valence-electron chi connectivity index (χ1n) is 12.5. The maximum atomic E-state index is 12.7. The number of ether oxygens (including phenoxy) is 2. The first-order chi connectivity index (χ1) is 16.2. The van der Waals surface area contributed by atoms with Crippen molar-refractivity contribution in [2.75, 3.05) is 19.9 Å². The highest BCUT2D eigenvalue weighted by Crippen LogP contribution is 2.33. The molecule has 1 aromatic heterocycles. The number of amides is 1. The Bertz CT molecular complexity index is 937. The Labute approximate surface area is 195 Å². The van der Waals surface area contributed by atoms with E-state index in [0.717, 1.165) is 66.8 Å². The highest BCUT2D eigenvalue weighted by molar-refractivity contribution is 5.76. The third-order valence-electron chi connectivity index (χ3n) is 7.43. The van der Waals surface area contributed by atoms with E-state index in [0.29, 0.717) is 24.8 Å². The molecule has 0 bridgehead atoms. The molecule has 0 radical (unpaired) electrons. The van der Waals surface area contributed by atoms with Crippen molar-refractivity contribution in [1.29, 1.82) is 0 Å². The maximum Gasteiger partial charge on any atom is 0.231 e. The first kappa shape index (κ1) is 22.3. The topological polar surface area (TPSA) is 85.6 Å². The third-order valence-corrected chi connectivity index (χ3v) is 7.43. The lowest BCUT2D eigenvalue weighted by Gasteiger charge is -2.31. The van der Waals surface area contributed by atoms with Gasteiger partial charge >= 0.3 is 0 Å². The molecule has 7 heteroatoms. The molecular weight excluding hydrogens is 418 g/mol. The fraction of sp³-hybridized carbons (Fsp3) is 0.615. The van der Waals surface area contributed by atoms with Crippen molar-refractivity contribution in [2.45, 2.75) is 64.3 Å². The smallest absolute Gasteiger partial charge is 0.231 e. The number of carbonyl (C=O) groups is 1. The Kier molecular flexibility index (Phi) is 7.15. The van der Waals surface area contributed by atoms with Gasteiger partial charge < -0.3 is 24.6 Å². The average molecular weight is 454 g/mol. The van der Waals surface area contributed by atoms with E-state index >= 15 is 0 Å². The highest BCUT2D eigenvalue weighted by Gasteiger charge is 2.28. The molecule has 3 heterocycles. The van der Waals surface area contributed by atoms with Crippen LogP contribution in [0.25, 0.3) is 0 Å². The number of hydrogen-bond acceptors (Lipinski definition) is 6. The van der Waals surface area contributed by atoms with E-state index in [1.54, 1.807) is 0 Å². The molecule has 1 amide bonds. The SMILES string of the molecule is O=C(C[C@H]1CCNC[C@@H]1Cc1cc(CC2CCCCC2)on1)NCc1ccc2c(c1)OCO2. The molecule has 7 nitrogen and oxygen atoms in total. The van der Waals surface area contributed by atoms with Gasteiger partial charge in [0.05, 0.1) is 5.69 Å². The monoisotopic (exact) mass is 453 g/mol. The number of benzene rings is 1. The summed E-state index contributed by atoms with van der Waals surface area (Å²) in [5, 5.41) is 10.9. The lowest BCUT2D eigenvalue weighted by Crippen LogP contribution is -2.40. The van der Waals surface area contributed by atoms with Crippen LogP contribution in [0.15, 0.2) is 28.8 Å². The lowest BCUT2D eigenvalue weighted by molar-refractivity contribution is -0.122. The standard InChI is InChI=1S/C26H35N3O4/c30-26(28-15-19-6-7-24-25(11-19)32-17-31-24)13-20-8-9-27-16-21(20)12-22-14-23(33-29-22)10-18-4-2-1-3-5-18/h6-7,11,14,18,20-21,27H,1-5,8-10,12-13,15-17H2,(H,28,30)/t20-,21+/m1/s1. The highest BCUT2D eigenvalue weighted by atomic mass is 16.7. The molecule has 178 valence electrons. The van der Waals surface area contributed by atoms with Crippen LogP contribution in [-0.2, 0) is 24.2 Å². The average Bonchev–Trinajstić information content (AvgIpc) is 3.48. The van der Waals surface area contributed by atoms with Gasteiger partial charge in [-0.15, -0.1) is 0 Å². The van der Waals surface area contributed by atoms with E-state index in [-0.39, 0.29) is 12.7 Å². The predicted molar refractivity (Wildman–Crippen MR) is 124 cm³/mol. The summed E-state index contributed by atoms with van der Waals surface area (Å²) in [5.74, 6) is 4.12. The van der Waals surface area contributed by atoms with Gasteiger partial charge in [-0.05, 0) is 61.4 Å². The Morgan fingerprint density at radius 1 is 1.03 bits per heavy atom. The van der Waals surface area contributed by atoms with Crippen LogP contribution in [-0.4, -0.2) is 30.9 Å². The number of fused-ring (bicyclic) bond motifs is 1. The van der Waals surface area contributed by atoms with Crippen LogP contribution in [0.4, 0.5) is 0 Å². The molecule has 0 unspecified atom stereocenters. The summed E-state index contributed by atoms with van der Waals surface area (Å²) < 4.78 is 16.5. The summed E-state index contributed by atoms with van der Waals surface area (Å²) in [6, 6.07) is 7.95. The first-order valence-corrected chi connectivity index (χ1v) is 12.5. The summed E-state index contributed by atoms with van der Waals surface area (Å²) in [4.78, 5) is 12.7. The largest absolute Gasteiger partial charge is 0.454 e. The predicted octanol–water partition coefficient (Wildman–Crippen LogP) is 4.00. The summed E-state index contributed by atoms with van der Waals surface area (Å²) >= 11 is 0. The van der Waals surface area contributed by atoms with Gasteiger partial charge in [0.25, 0.3) is 0 Å². The zero-order valence-electron chi connectivity index (χ0n) is 19.3. The number of aromatic nitrogens is 1. The van der Waals surface area contributed by atoms with Crippen LogP contribution in [0.3, 0.4) is 0 Å².